The van der Waals surface area contributed by atoms with E-state index in [2.05, 4.69) is 5.32 Å². The van der Waals surface area contributed by atoms with E-state index in [0.29, 0.717) is 40.1 Å². The van der Waals surface area contributed by atoms with E-state index in [4.69, 9.17) is 33.7 Å². The fourth-order valence-corrected chi connectivity index (χ4v) is 4.48. The minimum absolute atomic E-state index is 0.0329. The molecule has 24 heavy (non-hydrogen) atoms. The van der Waals surface area contributed by atoms with E-state index in [1.165, 1.54) is 19.3 Å². The van der Waals surface area contributed by atoms with E-state index in [-0.39, 0.29) is 18.6 Å². The van der Waals surface area contributed by atoms with Gasteiger partial charge in [0, 0.05) is 12.1 Å². The normalized spacial score (nSPS) is 29.1. The molecule has 2 aliphatic rings. The van der Waals surface area contributed by atoms with Crippen molar-refractivity contribution in [3.8, 4) is 5.75 Å². The molecule has 0 aromatic heterocycles. The second kappa shape index (κ2) is 7.94. The molecule has 1 aromatic carbocycles. The van der Waals surface area contributed by atoms with Crippen LogP contribution in [0.5, 0.6) is 5.75 Å². The highest BCUT2D eigenvalue weighted by molar-refractivity contribution is 6.42. The van der Waals surface area contributed by atoms with Crippen LogP contribution in [0.2, 0.25) is 10.0 Å². The first-order chi connectivity index (χ1) is 11.5. The summed E-state index contributed by atoms with van der Waals surface area (Å²) in [5.74, 6) is 1.60. The van der Waals surface area contributed by atoms with E-state index < -0.39 is 0 Å². The highest BCUT2D eigenvalue weighted by Crippen LogP contribution is 2.39. The third-order valence-electron chi connectivity index (χ3n) is 5.21. The predicted molar refractivity (Wildman–Crippen MR) is 96.5 cm³/mol. The van der Waals surface area contributed by atoms with E-state index in [0.717, 1.165) is 12.8 Å². The van der Waals surface area contributed by atoms with Gasteiger partial charge in [-0.05, 0) is 49.7 Å². The number of benzene rings is 1. The number of hydrogen-bond acceptors (Lipinski definition) is 3. The maximum Gasteiger partial charge on any atom is 0.223 e. The second-order valence-corrected chi connectivity index (χ2v) is 7.71. The first-order valence-corrected chi connectivity index (χ1v) is 9.42. The first-order valence-electron chi connectivity index (χ1n) is 8.66. The van der Waals surface area contributed by atoms with Gasteiger partial charge in [0.15, 0.2) is 0 Å². The van der Waals surface area contributed by atoms with Crippen LogP contribution in [0.1, 0.15) is 38.5 Å². The van der Waals surface area contributed by atoms with Crippen molar-refractivity contribution in [3.63, 3.8) is 0 Å². The number of fused-ring (bicyclic) bond motifs is 2. The average molecular weight is 371 g/mol. The molecule has 2 saturated carbocycles. The van der Waals surface area contributed by atoms with Crippen molar-refractivity contribution in [2.45, 2.75) is 50.6 Å². The molecule has 1 amide bonds. The number of ether oxygens (including phenoxy) is 1. The van der Waals surface area contributed by atoms with Crippen LogP contribution in [-0.2, 0) is 4.79 Å². The molecule has 4 nitrogen and oxygen atoms in total. The Hall–Kier alpha value is -0.970. The van der Waals surface area contributed by atoms with E-state index in [1.807, 2.05) is 0 Å². The monoisotopic (exact) mass is 370 g/mol. The highest BCUT2D eigenvalue weighted by Gasteiger charge is 2.39. The molecule has 2 unspecified atom stereocenters. The second-order valence-electron chi connectivity index (χ2n) is 6.93. The minimum atomic E-state index is 0.0329. The topological polar surface area (TPSA) is 64.3 Å². The van der Waals surface area contributed by atoms with Crippen LogP contribution in [0.15, 0.2) is 18.2 Å². The summed E-state index contributed by atoms with van der Waals surface area (Å²) in [6.45, 7) is 0.285. The Morgan fingerprint density at radius 3 is 2.67 bits per heavy atom. The number of nitrogens with two attached hydrogens (primary N) is 1. The Bertz CT molecular complexity index is 582. The molecule has 2 atom stereocenters. The van der Waals surface area contributed by atoms with Crippen LogP contribution in [-0.4, -0.2) is 24.6 Å². The fourth-order valence-electron chi connectivity index (χ4n) is 4.13. The lowest BCUT2D eigenvalue weighted by atomic mass is 9.67. The van der Waals surface area contributed by atoms with Crippen molar-refractivity contribution >= 4 is 29.1 Å². The van der Waals surface area contributed by atoms with Gasteiger partial charge in [0.2, 0.25) is 5.91 Å². The molecule has 1 aromatic rings. The zero-order chi connectivity index (χ0) is 17.1. The van der Waals surface area contributed by atoms with Crippen molar-refractivity contribution in [3.05, 3.63) is 28.2 Å². The Morgan fingerprint density at radius 1 is 1.25 bits per heavy atom. The summed E-state index contributed by atoms with van der Waals surface area (Å²) >= 11 is 12.0. The lowest BCUT2D eigenvalue weighted by molar-refractivity contribution is -0.123. The van der Waals surface area contributed by atoms with Gasteiger partial charge < -0.3 is 15.8 Å². The van der Waals surface area contributed by atoms with Gasteiger partial charge >= 0.3 is 0 Å². The largest absolute Gasteiger partial charge is 0.491 e. The molecule has 2 aliphatic carbocycles. The summed E-state index contributed by atoms with van der Waals surface area (Å²) in [6.07, 6.45) is 5.95. The molecular weight excluding hydrogens is 347 g/mol. The zero-order valence-corrected chi connectivity index (χ0v) is 15.2. The molecule has 132 valence electrons. The molecule has 6 heteroatoms. The van der Waals surface area contributed by atoms with Gasteiger partial charge in [-0.2, -0.15) is 0 Å². The SMILES string of the molecule is NC1CC2CCCC(C1)C2NC(=O)CCOc1cccc(Cl)c1Cl. The first kappa shape index (κ1) is 17.8. The van der Waals surface area contributed by atoms with Crippen molar-refractivity contribution in [2.75, 3.05) is 6.61 Å². The summed E-state index contributed by atoms with van der Waals surface area (Å²) < 4.78 is 5.59. The smallest absolute Gasteiger partial charge is 0.223 e. The summed E-state index contributed by atoms with van der Waals surface area (Å²) in [4.78, 5) is 12.3. The number of carbonyl (C=O) groups is 1. The number of amides is 1. The molecular formula is C18H24Cl2N2O2. The van der Waals surface area contributed by atoms with Gasteiger partial charge in [0.1, 0.15) is 10.8 Å². The van der Waals surface area contributed by atoms with Gasteiger partial charge in [-0.15, -0.1) is 0 Å². The van der Waals surface area contributed by atoms with Crippen LogP contribution in [0, 0.1) is 11.8 Å². The lowest BCUT2D eigenvalue weighted by Gasteiger charge is -2.45. The Kier molecular flexibility index (Phi) is 5.90. The number of rotatable bonds is 5. The van der Waals surface area contributed by atoms with Gasteiger partial charge in [-0.1, -0.05) is 35.7 Å². The summed E-state index contributed by atoms with van der Waals surface area (Å²) in [5.41, 5.74) is 6.13. The minimum Gasteiger partial charge on any atom is -0.491 e. The van der Waals surface area contributed by atoms with Gasteiger partial charge in [0.05, 0.1) is 18.1 Å². The van der Waals surface area contributed by atoms with Crippen LogP contribution < -0.4 is 15.8 Å². The highest BCUT2D eigenvalue weighted by atomic mass is 35.5. The maximum atomic E-state index is 12.3. The van der Waals surface area contributed by atoms with Crippen molar-refractivity contribution in [2.24, 2.45) is 17.6 Å². The summed E-state index contributed by atoms with van der Waals surface area (Å²) in [7, 11) is 0. The molecule has 2 fully saturated rings. The van der Waals surface area contributed by atoms with Gasteiger partial charge in [-0.3, -0.25) is 4.79 Å². The van der Waals surface area contributed by atoms with Crippen molar-refractivity contribution < 1.29 is 9.53 Å². The number of nitrogens with one attached hydrogen (secondary N) is 1. The molecule has 2 bridgehead atoms. The Morgan fingerprint density at radius 2 is 1.96 bits per heavy atom. The van der Waals surface area contributed by atoms with E-state index in [1.54, 1.807) is 18.2 Å². The summed E-state index contributed by atoms with van der Waals surface area (Å²) in [6, 6.07) is 5.80. The van der Waals surface area contributed by atoms with E-state index in [9.17, 15) is 4.79 Å². The fraction of sp³-hybridized carbons (Fsp3) is 0.611. The maximum absolute atomic E-state index is 12.3. The molecule has 0 spiro atoms. The molecule has 3 N–H and O–H groups in total. The summed E-state index contributed by atoms with van der Waals surface area (Å²) in [5, 5.41) is 4.05. The molecule has 0 heterocycles. The third-order valence-corrected chi connectivity index (χ3v) is 6.01. The van der Waals surface area contributed by atoms with E-state index >= 15 is 0 Å². The van der Waals surface area contributed by atoms with Crippen LogP contribution in [0.25, 0.3) is 0 Å². The predicted octanol–water partition coefficient (Wildman–Crippen LogP) is 3.78. The van der Waals surface area contributed by atoms with Crippen LogP contribution in [0.3, 0.4) is 0 Å². The molecule has 3 rings (SSSR count). The van der Waals surface area contributed by atoms with Gasteiger partial charge in [-0.25, -0.2) is 0 Å². The van der Waals surface area contributed by atoms with Crippen LogP contribution in [0.4, 0.5) is 0 Å². The Labute approximate surface area is 153 Å². The quantitative estimate of drug-likeness (QED) is 0.828. The zero-order valence-electron chi connectivity index (χ0n) is 13.6. The molecule has 0 saturated heterocycles. The standard InChI is InChI=1S/C18H24Cl2N2O2/c19-14-5-2-6-15(17(14)20)24-8-7-16(23)22-18-11-3-1-4-12(18)10-13(21)9-11/h2,5-6,11-13,18H,1,3-4,7-10,21H2,(H,22,23). The van der Waals surface area contributed by atoms with Crippen molar-refractivity contribution in [1.82, 2.24) is 5.32 Å². The average Bonchev–Trinajstić information content (AvgIpc) is 2.52. The number of hydrogen-bond donors (Lipinski definition) is 2. The number of halogens is 2. The Balaban J connectivity index is 1.48. The molecule has 0 aliphatic heterocycles. The van der Waals surface area contributed by atoms with Crippen LogP contribution >= 0.6 is 23.2 Å². The third kappa shape index (κ3) is 4.16. The molecule has 0 radical (unpaired) electrons. The van der Waals surface area contributed by atoms with Gasteiger partial charge in [0.25, 0.3) is 0 Å². The lowest BCUT2D eigenvalue weighted by Crippen LogP contribution is -2.53. The number of carbonyl (C=O) groups excluding carboxylic acids is 1. The van der Waals surface area contributed by atoms with Crippen molar-refractivity contribution in [1.29, 1.82) is 0 Å².